The van der Waals surface area contributed by atoms with Crippen LogP contribution in [0.2, 0.25) is 0 Å². The summed E-state index contributed by atoms with van der Waals surface area (Å²) in [5, 5.41) is 2.94. The summed E-state index contributed by atoms with van der Waals surface area (Å²) in [6.45, 7) is 4.16. The summed E-state index contributed by atoms with van der Waals surface area (Å²) in [5.74, 6) is 0.714. The van der Waals surface area contributed by atoms with Crippen LogP contribution in [0.5, 0.6) is 5.75 Å². The number of amides is 1. The number of ether oxygens (including phenoxy) is 1. The fourth-order valence-corrected chi connectivity index (χ4v) is 2.47. The lowest BCUT2D eigenvalue weighted by Gasteiger charge is -2.10. The van der Waals surface area contributed by atoms with Crippen molar-refractivity contribution in [2.24, 2.45) is 0 Å². The van der Waals surface area contributed by atoms with E-state index in [1.165, 1.54) is 5.56 Å². The van der Waals surface area contributed by atoms with Gasteiger partial charge in [-0.15, -0.1) is 0 Å². The molecule has 1 amide bonds. The summed E-state index contributed by atoms with van der Waals surface area (Å²) in [5.41, 5.74) is 4.15. The van der Waals surface area contributed by atoms with Crippen molar-refractivity contribution in [2.45, 2.75) is 33.1 Å². The molecule has 0 fully saturated rings. The minimum atomic E-state index is -0.0351. The number of benzene rings is 2. The molecule has 0 saturated carbocycles. The van der Waals surface area contributed by atoms with Gasteiger partial charge in [-0.25, -0.2) is 0 Å². The molecule has 0 bridgehead atoms. The summed E-state index contributed by atoms with van der Waals surface area (Å²) in [6.07, 6.45) is 2.50. The van der Waals surface area contributed by atoms with E-state index in [1.54, 1.807) is 7.11 Å². The summed E-state index contributed by atoms with van der Waals surface area (Å²) in [6, 6.07) is 13.9. The first-order chi connectivity index (χ1) is 10.6. The number of rotatable bonds is 6. The first-order valence-electron chi connectivity index (χ1n) is 7.64. The van der Waals surface area contributed by atoms with Crippen LogP contribution in [0, 0.1) is 6.92 Å². The van der Waals surface area contributed by atoms with Crippen LogP contribution in [0.3, 0.4) is 0 Å². The molecule has 0 saturated heterocycles. The summed E-state index contributed by atoms with van der Waals surface area (Å²) >= 11 is 0. The predicted octanol–water partition coefficient (Wildman–Crippen LogP) is 4.14. The second-order valence-corrected chi connectivity index (χ2v) is 5.49. The molecule has 3 nitrogen and oxygen atoms in total. The molecule has 0 heterocycles. The molecule has 1 N–H and O–H groups in total. The van der Waals surface area contributed by atoms with E-state index in [4.69, 9.17) is 4.74 Å². The zero-order valence-electron chi connectivity index (χ0n) is 13.5. The number of hydrogen-bond donors (Lipinski definition) is 1. The number of aryl methyl sites for hydroxylation is 2. The van der Waals surface area contributed by atoms with E-state index in [1.807, 2.05) is 37.3 Å². The third kappa shape index (κ3) is 4.35. The molecule has 0 aromatic heterocycles. The van der Waals surface area contributed by atoms with Crippen molar-refractivity contribution < 1.29 is 9.53 Å². The van der Waals surface area contributed by atoms with Crippen molar-refractivity contribution in [2.75, 3.05) is 12.4 Å². The fraction of sp³-hybridized carbons (Fsp3) is 0.316. The molecule has 0 atom stereocenters. The molecule has 0 aliphatic heterocycles. The van der Waals surface area contributed by atoms with Gasteiger partial charge in [-0.2, -0.15) is 0 Å². The topological polar surface area (TPSA) is 38.3 Å². The van der Waals surface area contributed by atoms with Crippen molar-refractivity contribution in [3.8, 4) is 5.75 Å². The molecule has 0 aliphatic carbocycles. The van der Waals surface area contributed by atoms with Crippen LogP contribution >= 0.6 is 0 Å². The van der Waals surface area contributed by atoms with E-state index in [-0.39, 0.29) is 5.91 Å². The standard InChI is InChI=1S/C19H23NO2/c1-4-5-15-7-9-17(10-8-15)20-19(21)13-16-12-14(2)6-11-18(16)22-3/h6-12H,4-5,13H2,1-3H3,(H,20,21). The van der Waals surface area contributed by atoms with Gasteiger partial charge < -0.3 is 10.1 Å². The molecule has 116 valence electrons. The van der Waals surface area contributed by atoms with Gasteiger partial charge in [-0.05, 0) is 37.1 Å². The van der Waals surface area contributed by atoms with E-state index in [0.29, 0.717) is 6.42 Å². The van der Waals surface area contributed by atoms with Crippen LogP contribution in [0.1, 0.15) is 30.0 Å². The van der Waals surface area contributed by atoms with Gasteiger partial charge >= 0.3 is 0 Å². The van der Waals surface area contributed by atoms with E-state index >= 15 is 0 Å². The molecule has 0 aliphatic rings. The fourth-order valence-electron chi connectivity index (χ4n) is 2.47. The van der Waals surface area contributed by atoms with Gasteiger partial charge in [0.1, 0.15) is 5.75 Å². The molecule has 22 heavy (non-hydrogen) atoms. The van der Waals surface area contributed by atoms with Crippen molar-refractivity contribution >= 4 is 11.6 Å². The largest absolute Gasteiger partial charge is 0.496 e. The Morgan fingerprint density at radius 1 is 1.14 bits per heavy atom. The second-order valence-electron chi connectivity index (χ2n) is 5.49. The normalized spacial score (nSPS) is 10.3. The predicted molar refractivity (Wildman–Crippen MR) is 90.5 cm³/mol. The lowest BCUT2D eigenvalue weighted by Crippen LogP contribution is -2.15. The van der Waals surface area contributed by atoms with E-state index < -0.39 is 0 Å². The van der Waals surface area contributed by atoms with Gasteiger partial charge in [-0.1, -0.05) is 43.2 Å². The molecule has 2 aromatic carbocycles. The Balaban J connectivity index is 2.02. The highest BCUT2D eigenvalue weighted by atomic mass is 16.5. The van der Waals surface area contributed by atoms with E-state index in [9.17, 15) is 4.79 Å². The molecule has 2 aromatic rings. The van der Waals surface area contributed by atoms with Crippen LogP contribution in [0.25, 0.3) is 0 Å². The molecule has 0 radical (unpaired) electrons. The monoisotopic (exact) mass is 297 g/mol. The minimum Gasteiger partial charge on any atom is -0.496 e. The maximum absolute atomic E-state index is 12.2. The van der Waals surface area contributed by atoms with Gasteiger partial charge in [0.2, 0.25) is 5.91 Å². The Morgan fingerprint density at radius 3 is 2.50 bits per heavy atom. The molecule has 0 unspecified atom stereocenters. The van der Waals surface area contributed by atoms with Crippen LogP contribution in [-0.4, -0.2) is 13.0 Å². The van der Waals surface area contributed by atoms with E-state index in [0.717, 1.165) is 35.4 Å². The Bertz CT molecular complexity index is 632. The molecular weight excluding hydrogens is 274 g/mol. The highest BCUT2D eigenvalue weighted by Crippen LogP contribution is 2.21. The number of hydrogen-bond acceptors (Lipinski definition) is 2. The summed E-state index contributed by atoms with van der Waals surface area (Å²) in [4.78, 5) is 12.2. The Morgan fingerprint density at radius 2 is 1.86 bits per heavy atom. The number of carbonyl (C=O) groups excluding carboxylic acids is 1. The first kappa shape index (κ1) is 16.1. The minimum absolute atomic E-state index is 0.0351. The average Bonchev–Trinajstić information content (AvgIpc) is 2.50. The highest BCUT2D eigenvalue weighted by Gasteiger charge is 2.09. The SMILES string of the molecule is CCCc1ccc(NC(=O)Cc2cc(C)ccc2OC)cc1. The van der Waals surface area contributed by atoms with Gasteiger partial charge in [0.05, 0.1) is 13.5 Å². The van der Waals surface area contributed by atoms with Gasteiger partial charge in [0.15, 0.2) is 0 Å². The number of methoxy groups -OCH3 is 1. The summed E-state index contributed by atoms with van der Waals surface area (Å²) < 4.78 is 5.31. The number of nitrogens with one attached hydrogen (secondary N) is 1. The van der Waals surface area contributed by atoms with Crippen LogP contribution in [0.15, 0.2) is 42.5 Å². The summed E-state index contributed by atoms with van der Waals surface area (Å²) in [7, 11) is 1.62. The smallest absolute Gasteiger partial charge is 0.228 e. The third-order valence-corrected chi connectivity index (χ3v) is 3.56. The zero-order valence-corrected chi connectivity index (χ0v) is 13.5. The van der Waals surface area contributed by atoms with Crippen molar-refractivity contribution in [3.05, 3.63) is 59.2 Å². The van der Waals surface area contributed by atoms with Crippen LogP contribution in [0.4, 0.5) is 5.69 Å². The van der Waals surface area contributed by atoms with Crippen LogP contribution < -0.4 is 10.1 Å². The number of carbonyl (C=O) groups is 1. The van der Waals surface area contributed by atoms with Gasteiger partial charge in [0.25, 0.3) is 0 Å². The quantitative estimate of drug-likeness (QED) is 0.870. The van der Waals surface area contributed by atoms with Crippen molar-refractivity contribution in [1.29, 1.82) is 0 Å². The number of anilines is 1. The Kier molecular flexibility index (Phi) is 5.59. The maximum Gasteiger partial charge on any atom is 0.228 e. The third-order valence-electron chi connectivity index (χ3n) is 3.56. The van der Waals surface area contributed by atoms with Crippen molar-refractivity contribution in [3.63, 3.8) is 0 Å². The molecule has 2 rings (SSSR count). The second kappa shape index (κ2) is 7.64. The van der Waals surface area contributed by atoms with Gasteiger partial charge in [0, 0.05) is 11.3 Å². The molecular formula is C19H23NO2. The maximum atomic E-state index is 12.2. The Hall–Kier alpha value is -2.29. The van der Waals surface area contributed by atoms with Crippen molar-refractivity contribution in [1.82, 2.24) is 0 Å². The van der Waals surface area contributed by atoms with Gasteiger partial charge in [-0.3, -0.25) is 4.79 Å². The lowest BCUT2D eigenvalue weighted by atomic mass is 10.1. The zero-order chi connectivity index (χ0) is 15.9. The lowest BCUT2D eigenvalue weighted by molar-refractivity contribution is -0.115. The van der Waals surface area contributed by atoms with Crippen LogP contribution in [-0.2, 0) is 17.6 Å². The molecule has 0 spiro atoms. The average molecular weight is 297 g/mol. The van der Waals surface area contributed by atoms with E-state index in [2.05, 4.69) is 24.4 Å². The Labute approximate surface area is 132 Å². The molecule has 3 heteroatoms. The highest BCUT2D eigenvalue weighted by molar-refractivity contribution is 5.92. The first-order valence-corrected chi connectivity index (χ1v) is 7.64.